The molecule has 1 fully saturated rings. The van der Waals surface area contributed by atoms with Gasteiger partial charge in [0.05, 0.1) is 12.8 Å². The van der Waals surface area contributed by atoms with Gasteiger partial charge in [-0.25, -0.2) is 8.42 Å². The summed E-state index contributed by atoms with van der Waals surface area (Å²) in [5, 5.41) is 0. The molecule has 6 heteroatoms. The molecule has 0 radical (unpaired) electrons. The summed E-state index contributed by atoms with van der Waals surface area (Å²) in [6.07, 6.45) is 0.748. The van der Waals surface area contributed by atoms with Crippen LogP contribution in [0.15, 0.2) is 0 Å². The number of likely N-dealkylation sites (N-methyl/N-ethyl adjacent to an activating group) is 1. The van der Waals surface area contributed by atoms with Crippen molar-refractivity contribution in [3.8, 4) is 0 Å². The zero-order valence-corrected chi connectivity index (χ0v) is 10.6. The Balaban J connectivity index is 3.15. The summed E-state index contributed by atoms with van der Waals surface area (Å²) in [5.74, 6) is -0.152. The van der Waals surface area contributed by atoms with Gasteiger partial charge in [0.25, 0.3) is 0 Å². The molecule has 0 aromatic carbocycles. The second kappa shape index (κ2) is 3.45. The second-order valence-electron chi connectivity index (χ2n) is 5.05. The number of nitrogens with zero attached hydrogens (tertiary/aromatic N) is 2. The average molecular weight is 234 g/mol. The van der Waals surface area contributed by atoms with Gasteiger partial charge in [-0.1, -0.05) is 20.8 Å². The third-order valence-electron chi connectivity index (χ3n) is 2.52. The van der Waals surface area contributed by atoms with Crippen molar-refractivity contribution < 1.29 is 13.2 Å². The molecule has 0 aliphatic carbocycles. The Morgan fingerprint density at radius 1 is 1.33 bits per heavy atom. The average Bonchev–Trinajstić information content (AvgIpc) is 2.25. The fourth-order valence-electron chi connectivity index (χ4n) is 1.97. The first-order chi connectivity index (χ1) is 6.55. The number of amides is 1. The lowest BCUT2D eigenvalue weighted by molar-refractivity contribution is -0.127. The van der Waals surface area contributed by atoms with Crippen molar-refractivity contribution in [3.63, 3.8) is 0 Å². The topological polar surface area (TPSA) is 57.7 Å². The van der Waals surface area contributed by atoms with Crippen LogP contribution in [0.1, 0.15) is 20.8 Å². The summed E-state index contributed by atoms with van der Waals surface area (Å²) in [6.45, 7) is 5.72. The van der Waals surface area contributed by atoms with Gasteiger partial charge in [-0.2, -0.15) is 4.31 Å². The van der Waals surface area contributed by atoms with E-state index in [9.17, 15) is 13.2 Å². The summed E-state index contributed by atoms with van der Waals surface area (Å²) in [4.78, 5) is 13.0. The minimum absolute atomic E-state index is 0.0444. The monoisotopic (exact) mass is 234 g/mol. The summed E-state index contributed by atoms with van der Waals surface area (Å²) in [7, 11) is -1.69. The number of carbonyl (C=O) groups excluding carboxylic acids is 1. The Kier molecular flexibility index (Phi) is 2.86. The van der Waals surface area contributed by atoms with Crippen molar-refractivity contribution in [2.45, 2.75) is 26.9 Å². The van der Waals surface area contributed by atoms with Crippen molar-refractivity contribution >= 4 is 15.9 Å². The first-order valence-corrected chi connectivity index (χ1v) is 6.62. The predicted octanol–water partition coefficient (Wildman–Crippen LogP) is 0.0922. The normalized spacial score (nSPS) is 25.0. The van der Waals surface area contributed by atoms with Crippen LogP contribution in [-0.4, -0.2) is 49.5 Å². The van der Waals surface area contributed by atoms with Gasteiger partial charge in [0.15, 0.2) is 0 Å². The molecule has 1 atom stereocenters. The number of carbonyl (C=O) groups is 1. The van der Waals surface area contributed by atoms with E-state index in [4.69, 9.17) is 0 Å². The third kappa shape index (κ3) is 2.31. The van der Waals surface area contributed by atoms with Crippen LogP contribution in [0, 0.1) is 5.41 Å². The van der Waals surface area contributed by atoms with Crippen LogP contribution in [0.3, 0.4) is 0 Å². The van der Waals surface area contributed by atoms with E-state index in [2.05, 4.69) is 0 Å². The molecule has 88 valence electrons. The Bertz CT molecular complexity index is 369. The minimum Gasteiger partial charge on any atom is -0.327 e. The van der Waals surface area contributed by atoms with Crippen LogP contribution < -0.4 is 0 Å². The number of sulfonamides is 1. The van der Waals surface area contributed by atoms with Gasteiger partial charge >= 0.3 is 0 Å². The maximum atomic E-state index is 11.5. The van der Waals surface area contributed by atoms with Crippen molar-refractivity contribution in [1.29, 1.82) is 0 Å². The van der Waals surface area contributed by atoms with Crippen molar-refractivity contribution in [1.82, 2.24) is 9.21 Å². The van der Waals surface area contributed by atoms with E-state index < -0.39 is 10.0 Å². The molecule has 1 saturated heterocycles. The summed E-state index contributed by atoms with van der Waals surface area (Å²) >= 11 is 0. The van der Waals surface area contributed by atoms with Crippen LogP contribution in [0.2, 0.25) is 0 Å². The lowest BCUT2D eigenvalue weighted by Crippen LogP contribution is -2.48. The van der Waals surface area contributed by atoms with Crippen LogP contribution in [0.5, 0.6) is 0 Å². The fraction of sp³-hybridized carbons (Fsp3) is 0.889. The van der Waals surface area contributed by atoms with Gasteiger partial charge in [-0.05, 0) is 5.41 Å². The lowest BCUT2D eigenvalue weighted by atomic mass is 9.92. The van der Waals surface area contributed by atoms with Gasteiger partial charge in [-0.15, -0.1) is 0 Å². The van der Waals surface area contributed by atoms with E-state index in [1.165, 1.54) is 9.21 Å². The molecule has 15 heavy (non-hydrogen) atoms. The molecule has 1 aliphatic heterocycles. The molecule has 0 aromatic rings. The van der Waals surface area contributed by atoms with E-state index >= 15 is 0 Å². The van der Waals surface area contributed by atoms with Gasteiger partial charge in [0.1, 0.15) is 6.17 Å². The highest BCUT2D eigenvalue weighted by Gasteiger charge is 2.46. The maximum Gasteiger partial charge on any atom is 0.239 e. The Morgan fingerprint density at radius 2 is 1.80 bits per heavy atom. The van der Waals surface area contributed by atoms with E-state index in [1.54, 1.807) is 7.05 Å². The highest BCUT2D eigenvalue weighted by molar-refractivity contribution is 7.88. The van der Waals surface area contributed by atoms with Gasteiger partial charge in [0, 0.05) is 7.05 Å². The molecule has 0 bridgehead atoms. The quantitative estimate of drug-likeness (QED) is 0.646. The molecule has 0 aromatic heterocycles. The molecule has 0 saturated carbocycles. The summed E-state index contributed by atoms with van der Waals surface area (Å²) in [6, 6.07) is 0. The van der Waals surface area contributed by atoms with Crippen molar-refractivity contribution in [2.24, 2.45) is 5.41 Å². The van der Waals surface area contributed by atoms with E-state index in [0.717, 1.165) is 6.26 Å². The molecular weight excluding hydrogens is 216 g/mol. The molecular formula is C9H18N2O3S. The van der Waals surface area contributed by atoms with Gasteiger partial charge in [-0.3, -0.25) is 4.79 Å². The van der Waals surface area contributed by atoms with Gasteiger partial charge in [0.2, 0.25) is 15.9 Å². The lowest BCUT2D eigenvalue weighted by Gasteiger charge is -2.36. The van der Waals surface area contributed by atoms with Gasteiger partial charge < -0.3 is 4.90 Å². The van der Waals surface area contributed by atoms with Crippen molar-refractivity contribution in [2.75, 3.05) is 19.8 Å². The molecule has 5 nitrogen and oxygen atoms in total. The fourth-order valence-corrected chi connectivity index (χ4v) is 3.14. The Morgan fingerprint density at radius 3 is 2.07 bits per heavy atom. The molecule has 1 amide bonds. The highest BCUT2D eigenvalue weighted by atomic mass is 32.2. The zero-order valence-electron chi connectivity index (χ0n) is 9.81. The Labute approximate surface area is 91.1 Å². The minimum atomic E-state index is -3.33. The first kappa shape index (κ1) is 12.4. The summed E-state index contributed by atoms with van der Waals surface area (Å²) < 4.78 is 24.3. The number of hydrogen-bond acceptors (Lipinski definition) is 3. The first-order valence-electron chi connectivity index (χ1n) is 4.77. The standard InChI is InChI=1S/C9H18N2O3S/c1-9(2,3)8-10(4)7(12)6-11(8)15(5,13)14/h8H,6H2,1-5H3. The van der Waals surface area contributed by atoms with Crippen LogP contribution >= 0.6 is 0 Å². The Hall–Kier alpha value is -0.620. The SMILES string of the molecule is CN1C(=O)CN(S(C)(=O)=O)C1C(C)(C)C. The summed E-state index contributed by atoms with van der Waals surface area (Å²) in [5.41, 5.74) is -0.288. The number of hydrogen-bond donors (Lipinski definition) is 0. The molecule has 1 heterocycles. The predicted molar refractivity (Wildman–Crippen MR) is 57.6 cm³/mol. The molecule has 0 spiro atoms. The van der Waals surface area contributed by atoms with Crippen LogP contribution in [-0.2, 0) is 14.8 Å². The maximum absolute atomic E-state index is 11.5. The van der Waals surface area contributed by atoms with Crippen molar-refractivity contribution in [3.05, 3.63) is 0 Å². The smallest absolute Gasteiger partial charge is 0.239 e. The van der Waals surface area contributed by atoms with Crippen LogP contribution in [0.4, 0.5) is 0 Å². The number of rotatable bonds is 1. The molecule has 1 rings (SSSR count). The molecule has 1 aliphatic rings. The zero-order chi connectivity index (χ0) is 12.0. The van der Waals surface area contributed by atoms with E-state index in [1.807, 2.05) is 20.8 Å². The van der Waals surface area contributed by atoms with E-state index in [-0.39, 0.29) is 24.0 Å². The van der Waals surface area contributed by atoms with Crippen LogP contribution in [0.25, 0.3) is 0 Å². The molecule has 1 unspecified atom stereocenters. The second-order valence-corrected chi connectivity index (χ2v) is 6.99. The van der Waals surface area contributed by atoms with E-state index in [0.29, 0.717) is 0 Å². The highest BCUT2D eigenvalue weighted by Crippen LogP contribution is 2.32. The largest absolute Gasteiger partial charge is 0.327 e. The molecule has 0 N–H and O–H groups in total. The third-order valence-corrected chi connectivity index (χ3v) is 3.71.